The van der Waals surface area contributed by atoms with Crippen molar-refractivity contribution < 1.29 is 14.3 Å². The van der Waals surface area contributed by atoms with Gasteiger partial charge in [-0.3, -0.25) is 9.48 Å². The monoisotopic (exact) mass is 430 g/mol. The zero-order valence-electron chi connectivity index (χ0n) is 18.4. The van der Waals surface area contributed by atoms with E-state index in [-0.39, 0.29) is 11.7 Å². The number of nitrogens with one attached hydrogen (secondary N) is 2. The maximum Gasteiger partial charge on any atom is 0.410 e. The lowest BCUT2D eigenvalue weighted by Crippen LogP contribution is -2.42. The van der Waals surface area contributed by atoms with Gasteiger partial charge in [0.25, 0.3) is 5.91 Å². The number of nitrogens with two attached hydrogens (primary N) is 1. The van der Waals surface area contributed by atoms with E-state index in [2.05, 4.69) is 25.7 Å². The van der Waals surface area contributed by atoms with Gasteiger partial charge in [-0.05, 0) is 39.5 Å². The Hall–Kier alpha value is -3.37. The highest BCUT2D eigenvalue weighted by Crippen LogP contribution is 2.22. The zero-order chi connectivity index (χ0) is 22.6. The Bertz CT molecular complexity index is 929. The number of aryl methyl sites for hydroxylation is 1. The summed E-state index contributed by atoms with van der Waals surface area (Å²) in [4.78, 5) is 34.3. The molecule has 1 fully saturated rings. The molecule has 1 saturated heterocycles. The van der Waals surface area contributed by atoms with E-state index >= 15 is 0 Å². The summed E-state index contributed by atoms with van der Waals surface area (Å²) in [5.41, 5.74) is 5.93. The van der Waals surface area contributed by atoms with Crippen LogP contribution in [0.15, 0.2) is 18.6 Å². The Kier molecular flexibility index (Phi) is 6.62. The molecule has 11 nitrogen and oxygen atoms in total. The lowest BCUT2D eigenvalue weighted by molar-refractivity contribution is 0.0188. The first-order valence-electron chi connectivity index (χ1n) is 10.2. The minimum Gasteiger partial charge on any atom is -0.444 e. The van der Waals surface area contributed by atoms with Crippen LogP contribution in [-0.4, -0.2) is 61.9 Å². The molecule has 11 heteroatoms. The van der Waals surface area contributed by atoms with Crippen molar-refractivity contribution in [3.63, 3.8) is 0 Å². The number of anilines is 3. The van der Waals surface area contributed by atoms with Crippen LogP contribution in [0.2, 0.25) is 0 Å². The number of aromatic nitrogens is 4. The summed E-state index contributed by atoms with van der Waals surface area (Å²) in [6, 6.07) is 0. The second-order valence-corrected chi connectivity index (χ2v) is 8.64. The van der Waals surface area contributed by atoms with Gasteiger partial charge in [0.2, 0.25) is 5.95 Å². The van der Waals surface area contributed by atoms with Crippen LogP contribution < -0.4 is 16.4 Å². The van der Waals surface area contributed by atoms with Crippen molar-refractivity contribution in [3.8, 4) is 0 Å². The van der Waals surface area contributed by atoms with Crippen molar-refractivity contribution in [2.24, 2.45) is 18.7 Å². The highest BCUT2D eigenvalue weighted by Gasteiger charge is 2.27. The molecule has 3 rings (SSSR count). The number of piperidine rings is 1. The molecule has 0 aromatic carbocycles. The lowest BCUT2D eigenvalue weighted by atomic mass is 9.97. The highest BCUT2D eigenvalue weighted by molar-refractivity contribution is 5.97. The molecule has 1 aliphatic rings. The minimum atomic E-state index is -0.602. The Morgan fingerprint density at radius 3 is 2.55 bits per heavy atom. The second kappa shape index (κ2) is 9.19. The maximum atomic E-state index is 12.2. The number of carbonyl (C=O) groups excluding carboxylic acids is 2. The third-order valence-corrected chi connectivity index (χ3v) is 4.84. The van der Waals surface area contributed by atoms with Gasteiger partial charge in [-0.15, -0.1) is 0 Å². The SMILES string of the molecule is Cn1cc(Nc2ncc(C(N)=O)c(NCC3CCN(C(=O)OC(C)(C)C)CC3)n2)cn1. The number of ether oxygens (including phenoxy) is 1. The molecule has 0 unspecified atom stereocenters. The first-order valence-corrected chi connectivity index (χ1v) is 10.2. The van der Waals surface area contributed by atoms with Crippen LogP contribution in [0.5, 0.6) is 0 Å². The molecule has 0 saturated carbocycles. The number of hydrogen-bond acceptors (Lipinski definition) is 8. The van der Waals surface area contributed by atoms with Gasteiger partial charge in [-0.1, -0.05) is 0 Å². The molecular formula is C20H30N8O3. The van der Waals surface area contributed by atoms with Crippen LogP contribution in [-0.2, 0) is 11.8 Å². The fraction of sp³-hybridized carbons (Fsp3) is 0.550. The molecule has 1 aliphatic heterocycles. The van der Waals surface area contributed by atoms with Gasteiger partial charge in [-0.25, -0.2) is 9.78 Å². The van der Waals surface area contributed by atoms with E-state index in [0.29, 0.717) is 37.3 Å². The van der Waals surface area contributed by atoms with Gasteiger partial charge in [0.1, 0.15) is 11.4 Å². The summed E-state index contributed by atoms with van der Waals surface area (Å²) in [5, 5.41) is 10.4. The van der Waals surface area contributed by atoms with Crippen LogP contribution in [0.25, 0.3) is 0 Å². The summed E-state index contributed by atoms with van der Waals surface area (Å²) in [6.45, 7) is 7.43. The topological polar surface area (TPSA) is 140 Å². The molecule has 0 bridgehead atoms. The van der Waals surface area contributed by atoms with E-state index in [1.54, 1.807) is 22.0 Å². The average Bonchev–Trinajstić information content (AvgIpc) is 3.10. The number of amides is 2. The van der Waals surface area contributed by atoms with E-state index in [4.69, 9.17) is 10.5 Å². The quantitative estimate of drug-likeness (QED) is 0.633. The molecule has 0 aliphatic carbocycles. The Morgan fingerprint density at radius 1 is 1.26 bits per heavy atom. The van der Waals surface area contributed by atoms with E-state index in [0.717, 1.165) is 18.5 Å². The maximum absolute atomic E-state index is 12.2. The second-order valence-electron chi connectivity index (χ2n) is 8.64. The fourth-order valence-electron chi connectivity index (χ4n) is 3.26. The number of nitrogens with zero attached hydrogens (tertiary/aromatic N) is 5. The smallest absolute Gasteiger partial charge is 0.410 e. The molecule has 2 aromatic heterocycles. The van der Waals surface area contributed by atoms with Crippen LogP contribution in [0.1, 0.15) is 44.0 Å². The molecule has 0 radical (unpaired) electrons. The van der Waals surface area contributed by atoms with E-state index in [1.165, 1.54) is 6.20 Å². The third kappa shape index (κ3) is 6.30. The molecule has 0 spiro atoms. The van der Waals surface area contributed by atoms with Gasteiger partial charge in [0.15, 0.2) is 0 Å². The predicted molar refractivity (Wildman–Crippen MR) is 116 cm³/mol. The summed E-state index contributed by atoms with van der Waals surface area (Å²) < 4.78 is 7.09. The van der Waals surface area contributed by atoms with Crippen molar-refractivity contribution in [1.29, 1.82) is 0 Å². The molecule has 3 heterocycles. The van der Waals surface area contributed by atoms with E-state index < -0.39 is 11.5 Å². The first kappa shape index (κ1) is 22.3. The van der Waals surface area contributed by atoms with E-state index in [9.17, 15) is 9.59 Å². The Labute approximate surface area is 181 Å². The average molecular weight is 431 g/mol. The molecule has 2 amide bonds. The van der Waals surface area contributed by atoms with Crippen molar-refractivity contribution in [1.82, 2.24) is 24.6 Å². The van der Waals surface area contributed by atoms with Crippen LogP contribution >= 0.6 is 0 Å². The molecule has 4 N–H and O–H groups in total. The fourth-order valence-corrected chi connectivity index (χ4v) is 3.26. The van der Waals surface area contributed by atoms with Crippen LogP contribution in [0, 0.1) is 5.92 Å². The number of rotatable bonds is 6. The lowest BCUT2D eigenvalue weighted by Gasteiger charge is -2.33. The molecule has 168 valence electrons. The van der Waals surface area contributed by atoms with Gasteiger partial charge in [0.05, 0.1) is 17.4 Å². The highest BCUT2D eigenvalue weighted by atomic mass is 16.6. The Balaban J connectivity index is 1.58. The number of likely N-dealkylation sites (tertiary alicyclic amines) is 1. The van der Waals surface area contributed by atoms with Crippen molar-refractivity contribution in [2.45, 2.75) is 39.2 Å². The van der Waals surface area contributed by atoms with Crippen molar-refractivity contribution in [2.75, 3.05) is 30.3 Å². The number of primary amides is 1. The van der Waals surface area contributed by atoms with E-state index in [1.807, 2.05) is 27.8 Å². The van der Waals surface area contributed by atoms with Gasteiger partial charge >= 0.3 is 6.09 Å². The molecule has 31 heavy (non-hydrogen) atoms. The molecule has 0 atom stereocenters. The summed E-state index contributed by atoms with van der Waals surface area (Å²) in [5.74, 6) is 0.433. The standard InChI is InChI=1S/C20H30N8O3/c1-20(2,3)31-19(30)28-7-5-13(6-8-28)9-22-17-15(16(21)29)11-23-18(26-17)25-14-10-24-27(4)12-14/h10-13H,5-9H2,1-4H3,(H2,21,29)(H2,22,23,25,26). The summed E-state index contributed by atoms with van der Waals surface area (Å²) >= 11 is 0. The Morgan fingerprint density at radius 2 is 1.97 bits per heavy atom. The summed E-state index contributed by atoms with van der Waals surface area (Å²) in [6.07, 6.45) is 6.21. The third-order valence-electron chi connectivity index (χ3n) is 4.84. The largest absolute Gasteiger partial charge is 0.444 e. The normalized spacial score (nSPS) is 14.9. The number of carbonyl (C=O) groups is 2. The minimum absolute atomic E-state index is 0.225. The summed E-state index contributed by atoms with van der Waals surface area (Å²) in [7, 11) is 1.81. The number of hydrogen-bond donors (Lipinski definition) is 3. The predicted octanol–water partition coefficient (Wildman–Crippen LogP) is 2.11. The van der Waals surface area contributed by atoms with Gasteiger partial charge in [-0.2, -0.15) is 10.1 Å². The molecular weight excluding hydrogens is 400 g/mol. The molecule has 2 aromatic rings. The first-order chi connectivity index (χ1) is 14.6. The zero-order valence-corrected chi connectivity index (χ0v) is 18.4. The van der Waals surface area contributed by atoms with Crippen LogP contribution in [0.4, 0.5) is 22.2 Å². The van der Waals surface area contributed by atoms with Crippen molar-refractivity contribution >= 4 is 29.5 Å². The van der Waals surface area contributed by atoms with Gasteiger partial charge < -0.3 is 26.0 Å². The van der Waals surface area contributed by atoms with Gasteiger partial charge in [0, 0.05) is 39.1 Å². The van der Waals surface area contributed by atoms with Crippen molar-refractivity contribution in [3.05, 3.63) is 24.2 Å². The van der Waals surface area contributed by atoms with Crippen LogP contribution in [0.3, 0.4) is 0 Å².